The van der Waals surface area contributed by atoms with Crippen molar-refractivity contribution in [2.45, 2.75) is 32.9 Å². The molecule has 25 heavy (non-hydrogen) atoms. The lowest BCUT2D eigenvalue weighted by Crippen LogP contribution is -2.27. The van der Waals surface area contributed by atoms with Crippen molar-refractivity contribution in [3.63, 3.8) is 0 Å². The summed E-state index contributed by atoms with van der Waals surface area (Å²) < 4.78 is 0. The molecule has 8 heteroatoms. The third kappa shape index (κ3) is 2.84. The van der Waals surface area contributed by atoms with E-state index in [-0.39, 0.29) is 18.5 Å². The summed E-state index contributed by atoms with van der Waals surface area (Å²) in [4.78, 5) is 28.1. The molecule has 1 aliphatic heterocycles. The minimum atomic E-state index is -0.966. The normalized spacial score (nSPS) is 16.0. The van der Waals surface area contributed by atoms with Crippen LogP contribution in [0.25, 0.3) is 11.3 Å². The van der Waals surface area contributed by atoms with Gasteiger partial charge in [0.15, 0.2) is 0 Å². The zero-order valence-corrected chi connectivity index (χ0v) is 14.8. The maximum absolute atomic E-state index is 11.6. The Morgan fingerprint density at radius 3 is 2.72 bits per heavy atom. The Kier molecular flexibility index (Phi) is 4.20. The average molecular weight is 342 g/mol. The van der Waals surface area contributed by atoms with E-state index in [0.717, 1.165) is 22.5 Å². The molecular weight excluding hydrogens is 320 g/mol. The van der Waals surface area contributed by atoms with Gasteiger partial charge in [-0.05, 0) is 25.0 Å². The fourth-order valence-corrected chi connectivity index (χ4v) is 3.30. The summed E-state index contributed by atoms with van der Waals surface area (Å²) in [5.41, 5.74) is 9.92. The molecule has 3 rings (SSSR count). The maximum atomic E-state index is 11.6. The molecule has 0 aromatic carbocycles. The van der Waals surface area contributed by atoms with Crippen LogP contribution in [0, 0.1) is 6.92 Å². The van der Waals surface area contributed by atoms with Crippen LogP contribution in [0.2, 0.25) is 0 Å². The number of pyridine rings is 1. The highest BCUT2D eigenvalue weighted by Gasteiger charge is 2.37. The highest BCUT2D eigenvalue weighted by atomic mass is 16.4. The van der Waals surface area contributed by atoms with E-state index in [4.69, 9.17) is 5.73 Å². The number of hydrogen-bond acceptors (Lipinski definition) is 6. The van der Waals surface area contributed by atoms with Gasteiger partial charge >= 0.3 is 6.09 Å². The van der Waals surface area contributed by atoms with Crippen LogP contribution in [0.15, 0.2) is 12.3 Å². The maximum Gasteiger partial charge on any atom is 0.408 e. The second-order valence-electron chi connectivity index (χ2n) is 6.38. The van der Waals surface area contributed by atoms with Gasteiger partial charge in [0.05, 0.1) is 24.0 Å². The van der Waals surface area contributed by atoms with E-state index in [1.54, 1.807) is 6.20 Å². The predicted molar refractivity (Wildman–Crippen MR) is 95.3 cm³/mol. The Labute approximate surface area is 146 Å². The van der Waals surface area contributed by atoms with Crippen molar-refractivity contribution in [2.24, 2.45) is 0 Å². The quantitative estimate of drug-likeness (QED) is 0.881. The third-order valence-electron chi connectivity index (χ3n) is 4.51. The Morgan fingerprint density at radius 2 is 2.16 bits per heavy atom. The monoisotopic (exact) mass is 342 g/mol. The van der Waals surface area contributed by atoms with Crippen molar-refractivity contribution in [3.8, 4) is 11.3 Å². The molecule has 0 radical (unpaired) electrons. The minimum absolute atomic E-state index is 0.145. The first-order valence-corrected chi connectivity index (χ1v) is 8.13. The summed E-state index contributed by atoms with van der Waals surface area (Å²) in [6.07, 6.45) is 1.44. The highest BCUT2D eigenvalue weighted by molar-refractivity contribution is 5.74. The van der Waals surface area contributed by atoms with Gasteiger partial charge in [0.2, 0.25) is 5.95 Å². The van der Waals surface area contributed by atoms with Gasteiger partial charge in [-0.3, -0.25) is 4.90 Å². The molecule has 132 valence electrons. The van der Waals surface area contributed by atoms with Crippen molar-refractivity contribution in [1.82, 2.24) is 19.9 Å². The average Bonchev–Trinajstić information content (AvgIpc) is 2.92. The number of nitrogens with zero attached hydrogens (tertiary/aromatic N) is 5. The van der Waals surface area contributed by atoms with Crippen molar-refractivity contribution in [2.75, 3.05) is 24.7 Å². The van der Waals surface area contributed by atoms with Crippen LogP contribution in [-0.4, -0.2) is 45.1 Å². The molecule has 3 heterocycles. The molecule has 0 bridgehead atoms. The first-order valence-electron chi connectivity index (χ1n) is 8.13. The van der Waals surface area contributed by atoms with Gasteiger partial charge in [-0.2, -0.15) is 0 Å². The standard InChI is InChI=1S/C17H22N6O2/c1-5-12-14-11(8-23(12)17(24)25)20-16(18)21-15(14)10-7-19-13(22(3)4)6-9(10)2/h6-7,12H,5,8H2,1-4H3,(H,24,25)(H2,18,20,21). The number of anilines is 2. The Bertz CT molecular complexity index is 836. The van der Waals surface area contributed by atoms with Gasteiger partial charge < -0.3 is 15.7 Å². The molecule has 2 aromatic rings. The number of hydrogen-bond donors (Lipinski definition) is 2. The number of nitrogen functional groups attached to an aromatic ring is 1. The van der Waals surface area contributed by atoms with Crippen molar-refractivity contribution in [3.05, 3.63) is 29.1 Å². The topological polar surface area (TPSA) is 108 Å². The zero-order valence-electron chi connectivity index (χ0n) is 14.8. The smallest absolute Gasteiger partial charge is 0.408 e. The number of carboxylic acid groups (broad SMARTS) is 1. The number of aryl methyl sites for hydroxylation is 1. The summed E-state index contributed by atoms with van der Waals surface area (Å²) in [5.74, 6) is 0.992. The number of aromatic nitrogens is 3. The van der Waals surface area contributed by atoms with Gasteiger partial charge in [-0.25, -0.2) is 19.7 Å². The second-order valence-corrected chi connectivity index (χ2v) is 6.38. The van der Waals surface area contributed by atoms with Crippen molar-refractivity contribution < 1.29 is 9.90 Å². The molecule has 0 spiro atoms. The van der Waals surface area contributed by atoms with Gasteiger partial charge in [0.1, 0.15) is 5.82 Å². The third-order valence-corrected chi connectivity index (χ3v) is 4.51. The summed E-state index contributed by atoms with van der Waals surface area (Å²) in [7, 11) is 3.86. The zero-order chi connectivity index (χ0) is 18.3. The van der Waals surface area contributed by atoms with E-state index in [9.17, 15) is 9.90 Å². The number of rotatable bonds is 3. The fourth-order valence-electron chi connectivity index (χ4n) is 3.30. The molecule has 3 N–H and O–H groups in total. The predicted octanol–water partition coefficient (Wildman–Crippen LogP) is 2.44. The largest absolute Gasteiger partial charge is 0.465 e. The van der Waals surface area contributed by atoms with Gasteiger partial charge in [-0.1, -0.05) is 6.92 Å². The van der Waals surface area contributed by atoms with E-state index >= 15 is 0 Å². The lowest BCUT2D eigenvalue weighted by atomic mass is 9.97. The van der Waals surface area contributed by atoms with Crippen LogP contribution in [0.4, 0.5) is 16.6 Å². The van der Waals surface area contributed by atoms with E-state index < -0.39 is 6.09 Å². The van der Waals surface area contributed by atoms with E-state index in [1.807, 2.05) is 38.9 Å². The van der Waals surface area contributed by atoms with Gasteiger partial charge in [0, 0.05) is 31.4 Å². The Balaban J connectivity index is 2.18. The van der Waals surface area contributed by atoms with Crippen LogP contribution in [0.1, 0.15) is 36.2 Å². The summed E-state index contributed by atoms with van der Waals surface area (Å²) in [6, 6.07) is 1.70. The van der Waals surface area contributed by atoms with Crippen LogP contribution in [0.3, 0.4) is 0 Å². The first kappa shape index (κ1) is 16.9. The van der Waals surface area contributed by atoms with Crippen molar-refractivity contribution in [1.29, 1.82) is 0 Å². The molecule has 2 aromatic heterocycles. The van der Waals surface area contributed by atoms with Crippen LogP contribution < -0.4 is 10.6 Å². The number of carbonyl (C=O) groups is 1. The summed E-state index contributed by atoms with van der Waals surface area (Å²) >= 11 is 0. The van der Waals surface area contributed by atoms with Gasteiger partial charge in [0.25, 0.3) is 0 Å². The molecular formula is C17H22N6O2. The highest BCUT2D eigenvalue weighted by Crippen LogP contribution is 2.41. The minimum Gasteiger partial charge on any atom is -0.465 e. The molecule has 0 saturated carbocycles. The fraction of sp³-hybridized carbons (Fsp3) is 0.412. The lowest BCUT2D eigenvalue weighted by Gasteiger charge is -2.22. The Hall–Kier alpha value is -2.90. The van der Waals surface area contributed by atoms with Crippen LogP contribution >= 0.6 is 0 Å². The Morgan fingerprint density at radius 1 is 1.44 bits per heavy atom. The van der Waals surface area contributed by atoms with Crippen LogP contribution in [-0.2, 0) is 6.54 Å². The molecule has 1 unspecified atom stereocenters. The van der Waals surface area contributed by atoms with E-state index in [2.05, 4.69) is 15.0 Å². The number of nitrogens with two attached hydrogens (primary N) is 1. The summed E-state index contributed by atoms with van der Waals surface area (Å²) in [6.45, 7) is 4.17. The lowest BCUT2D eigenvalue weighted by molar-refractivity contribution is 0.127. The van der Waals surface area contributed by atoms with E-state index in [0.29, 0.717) is 17.8 Å². The SMILES string of the molecule is CCC1c2c(nc(N)nc2-c2cnc(N(C)C)cc2C)CN1C(=O)O. The second kappa shape index (κ2) is 6.19. The number of fused-ring (bicyclic) bond motifs is 1. The molecule has 1 atom stereocenters. The number of amides is 1. The molecule has 0 saturated heterocycles. The molecule has 1 amide bonds. The van der Waals surface area contributed by atoms with Crippen molar-refractivity contribution >= 4 is 17.9 Å². The molecule has 0 aliphatic carbocycles. The van der Waals surface area contributed by atoms with Gasteiger partial charge in [-0.15, -0.1) is 0 Å². The van der Waals surface area contributed by atoms with E-state index in [1.165, 1.54) is 4.90 Å². The molecule has 0 fully saturated rings. The molecule has 1 aliphatic rings. The first-order chi connectivity index (χ1) is 11.8. The van der Waals surface area contributed by atoms with Crippen LogP contribution in [0.5, 0.6) is 0 Å². The molecule has 8 nitrogen and oxygen atoms in total. The summed E-state index contributed by atoms with van der Waals surface area (Å²) in [5, 5.41) is 9.50.